The molecule has 0 bridgehead atoms. The van der Waals surface area contributed by atoms with Crippen molar-refractivity contribution in [2.24, 2.45) is 0 Å². The zero-order valence-electron chi connectivity index (χ0n) is 13.1. The van der Waals surface area contributed by atoms with Crippen LogP contribution in [-0.2, 0) is 6.42 Å². The SMILES string of the molecule is CCc1ccc(-c2ccc3c(c2)c(C)cc2n[nH]c(=O)n23)cc1. The number of nitrogens with zero attached hydrogens (tertiary/aromatic N) is 2. The van der Waals surface area contributed by atoms with Crippen molar-refractivity contribution in [3.05, 3.63) is 70.1 Å². The summed E-state index contributed by atoms with van der Waals surface area (Å²) >= 11 is 0. The van der Waals surface area contributed by atoms with Gasteiger partial charge in [-0.25, -0.2) is 14.3 Å². The van der Waals surface area contributed by atoms with E-state index in [0.29, 0.717) is 5.65 Å². The van der Waals surface area contributed by atoms with Gasteiger partial charge in [0.15, 0.2) is 5.65 Å². The Labute approximate surface area is 133 Å². The molecule has 4 aromatic rings. The highest BCUT2D eigenvalue weighted by Gasteiger charge is 2.09. The molecule has 0 saturated heterocycles. The van der Waals surface area contributed by atoms with Gasteiger partial charge in [-0.2, -0.15) is 5.10 Å². The summed E-state index contributed by atoms with van der Waals surface area (Å²) in [4.78, 5) is 12.0. The van der Waals surface area contributed by atoms with Crippen LogP contribution >= 0.6 is 0 Å². The third-order valence-corrected chi connectivity index (χ3v) is 4.40. The smallest absolute Gasteiger partial charge is 0.246 e. The van der Waals surface area contributed by atoms with Gasteiger partial charge in [-0.05, 0) is 53.8 Å². The Morgan fingerprint density at radius 1 is 1.04 bits per heavy atom. The van der Waals surface area contributed by atoms with Gasteiger partial charge in [-0.1, -0.05) is 37.3 Å². The minimum atomic E-state index is -0.204. The van der Waals surface area contributed by atoms with Crippen molar-refractivity contribution in [3.63, 3.8) is 0 Å². The van der Waals surface area contributed by atoms with E-state index >= 15 is 0 Å². The molecule has 2 heterocycles. The molecule has 0 spiro atoms. The standard InChI is InChI=1S/C19H17N3O/c1-3-13-4-6-14(7-5-13)15-8-9-17-16(11-15)12(2)10-18-20-21-19(23)22(17)18/h4-11H,3H2,1-2H3,(H,21,23). The minimum absolute atomic E-state index is 0.204. The Kier molecular flexibility index (Phi) is 3.05. The van der Waals surface area contributed by atoms with Crippen molar-refractivity contribution in [2.75, 3.05) is 0 Å². The lowest BCUT2D eigenvalue weighted by Crippen LogP contribution is -2.10. The monoisotopic (exact) mass is 303 g/mol. The molecule has 0 radical (unpaired) electrons. The molecule has 2 aromatic carbocycles. The lowest BCUT2D eigenvalue weighted by molar-refractivity contribution is 1.04. The first kappa shape index (κ1) is 13.8. The molecule has 4 nitrogen and oxygen atoms in total. The fourth-order valence-corrected chi connectivity index (χ4v) is 3.07. The molecule has 0 amide bonds. The van der Waals surface area contributed by atoms with Crippen LogP contribution in [0.2, 0.25) is 0 Å². The fraction of sp³-hybridized carbons (Fsp3) is 0.158. The summed E-state index contributed by atoms with van der Waals surface area (Å²) in [5.41, 5.74) is 6.11. The van der Waals surface area contributed by atoms with Crippen molar-refractivity contribution in [1.82, 2.24) is 14.6 Å². The number of hydrogen-bond acceptors (Lipinski definition) is 2. The van der Waals surface area contributed by atoms with E-state index in [4.69, 9.17) is 0 Å². The van der Waals surface area contributed by atoms with Crippen LogP contribution in [0.4, 0.5) is 0 Å². The summed E-state index contributed by atoms with van der Waals surface area (Å²) in [7, 11) is 0. The maximum absolute atomic E-state index is 12.0. The lowest BCUT2D eigenvalue weighted by atomic mass is 10.00. The quantitative estimate of drug-likeness (QED) is 0.613. The summed E-state index contributed by atoms with van der Waals surface area (Å²) in [5, 5.41) is 7.63. The van der Waals surface area contributed by atoms with Crippen LogP contribution in [0.25, 0.3) is 27.7 Å². The molecular formula is C19H17N3O. The molecular weight excluding hydrogens is 286 g/mol. The number of fused-ring (bicyclic) bond motifs is 3. The first-order chi connectivity index (χ1) is 11.2. The summed E-state index contributed by atoms with van der Waals surface area (Å²) < 4.78 is 1.62. The van der Waals surface area contributed by atoms with Gasteiger partial charge in [-0.15, -0.1) is 0 Å². The summed E-state index contributed by atoms with van der Waals surface area (Å²) in [6.45, 7) is 4.20. The number of pyridine rings is 1. The normalized spacial score (nSPS) is 11.4. The van der Waals surface area contributed by atoms with E-state index in [0.717, 1.165) is 28.5 Å². The maximum atomic E-state index is 12.0. The van der Waals surface area contributed by atoms with E-state index in [9.17, 15) is 4.79 Å². The fourth-order valence-electron chi connectivity index (χ4n) is 3.07. The number of aromatic amines is 1. The Morgan fingerprint density at radius 3 is 2.52 bits per heavy atom. The van der Waals surface area contributed by atoms with E-state index in [1.54, 1.807) is 4.40 Å². The van der Waals surface area contributed by atoms with Gasteiger partial charge < -0.3 is 0 Å². The van der Waals surface area contributed by atoms with Gasteiger partial charge in [0.1, 0.15) is 0 Å². The van der Waals surface area contributed by atoms with Crippen LogP contribution < -0.4 is 5.69 Å². The molecule has 0 fully saturated rings. The number of hydrogen-bond donors (Lipinski definition) is 1. The molecule has 23 heavy (non-hydrogen) atoms. The second kappa shape index (κ2) is 5.09. The maximum Gasteiger partial charge on any atom is 0.348 e. The van der Waals surface area contributed by atoms with E-state index in [2.05, 4.69) is 53.5 Å². The number of nitrogens with one attached hydrogen (secondary N) is 1. The molecule has 0 unspecified atom stereocenters. The molecule has 0 aliphatic rings. The predicted molar refractivity (Wildman–Crippen MR) is 92.9 cm³/mol. The highest BCUT2D eigenvalue weighted by Crippen LogP contribution is 2.27. The van der Waals surface area contributed by atoms with Crippen LogP contribution in [0.1, 0.15) is 18.1 Å². The molecule has 4 rings (SSSR count). The van der Waals surface area contributed by atoms with E-state index in [1.807, 2.05) is 19.1 Å². The second-order valence-electron chi connectivity index (χ2n) is 5.83. The zero-order chi connectivity index (χ0) is 16.0. The Morgan fingerprint density at radius 2 is 1.78 bits per heavy atom. The van der Waals surface area contributed by atoms with Crippen molar-refractivity contribution in [2.45, 2.75) is 20.3 Å². The van der Waals surface area contributed by atoms with Crippen LogP contribution in [-0.4, -0.2) is 14.6 Å². The first-order valence-electron chi connectivity index (χ1n) is 7.77. The van der Waals surface area contributed by atoms with E-state index in [-0.39, 0.29) is 5.69 Å². The highest BCUT2D eigenvalue weighted by molar-refractivity contribution is 5.89. The minimum Gasteiger partial charge on any atom is -0.246 e. The molecule has 1 N–H and O–H groups in total. The average Bonchev–Trinajstić information content (AvgIpc) is 2.95. The largest absolute Gasteiger partial charge is 0.348 e. The van der Waals surface area contributed by atoms with Crippen LogP contribution in [0.15, 0.2) is 53.3 Å². The summed E-state index contributed by atoms with van der Waals surface area (Å²) in [6.07, 6.45) is 1.04. The molecule has 0 saturated carbocycles. The molecule has 4 heteroatoms. The number of H-pyrrole nitrogens is 1. The summed E-state index contributed by atoms with van der Waals surface area (Å²) in [5.74, 6) is 0. The number of aryl methyl sites for hydroxylation is 2. The van der Waals surface area contributed by atoms with Crippen molar-refractivity contribution in [1.29, 1.82) is 0 Å². The third-order valence-electron chi connectivity index (χ3n) is 4.40. The zero-order valence-corrected chi connectivity index (χ0v) is 13.1. The van der Waals surface area contributed by atoms with E-state index in [1.165, 1.54) is 11.1 Å². The van der Waals surface area contributed by atoms with Gasteiger partial charge in [0.05, 0.1) is 5.52 Å². The predicted octanol–water partition coefficient (Wildman–Crippen LogP) is 3.71. The average molecular weight is 303 g/mol. The first-order valence-corrected chi connectivity index (χ1v) is 7.77. The lowest BCUT2D eigenvalue weighted by Gasteiger charge is -2.08. The topological polar surface area (TPSA) is 50.2 Å². The number of benzene rings is 2. The van der Waals surface area contributed by atoms with Crippen molar-refractivity contribution >= 4 is 16.6 Å². The Balaban J connectivity index is 1.96. The van der Waals surface area contributed by atoms with Gasteiger partial charge in [-0.3, -0.25) is 0 Å². The second-order valence-corrected chi connectivity index (χ2v) is 5.83. The molecule has 0 aliphatic carbocycles. The van der Waals surface area contributed by atoms with Crippen LogP contribution in [0.3, 0.4) is 0 Å². The van der Waals surface area contributed by atoms with Gasteiger partial charge in [0, 0.05) is 5.39 Å². The van der Waals surface area contributed by atoms with Gasteiger partial charge >= 0.3 is 5.69 Å². The summed E-state index contributed by atoms with van der Waals surface area (Å²) in [6, 6.07) is 16.8. The van der Waals surface area contributed by atoms with Gasteiger partial charge in [0.25, 0.3) is 0 Å². The molecule has 114 valence electrons. The Bertz CT molecular complexity index is 1070. The Hall–Kier alpha value is -2.88. The molecule has 2 aromatic heterocycles. The van der Waals surface area contributed by atoms with Crippen LogP contribution in [0, 0.1) is 6.92 Å². The molecule has 0 aliphatic heterocycles. The van der Waals surface area contributed by atoms with Crippen molar-refractivity contribution in [3.8, 4) is 11.1 Å². The highest BCUT2D eigenvalue weighted by atomic mass is 16.1. The van der Waals surface area contributed by atoms with Crippen LogP contribution in [0.5, 0.6) is 0 Å². The van der Waals surface area contributed by atoms with Crippen molar-refractivity contribution < 1.29 is 0 Å². The third kappa shape index (κ3) is 2.14. The van der Waals surface area contributed by atoms with E-state index < -0.39 is 0 Å². The molecule has 0 atom stereocenters. The number of aromatic nitrogens is 3. The van der Waals surface area contributed by atoms with Gasteiger partial charge in [0.2, 0.25) is 0 Å². The number of rotatable bonds is 2.